The zero-order valence-electron chi connectivity index (χ0n) is 11.2. The number of anilines is 2. The molecule has 0 saturated heterocycles. The first-order chi connectivity index (χ1) is 8.91. The van der Waals surface area contributed by atoms with Crippen LogP contribution in [0.15, 0.2) is 18.2 Å². The van der Waals surface area contributed by atoms with Gasteiger partial charge in [-0.3, -0.25) is 9.59 Å². The molecule has 1 N–H and O–H groups in total. The number of carbonyl (C=O) groups is 2. The third-order valence-corrected chi connectivity index (χ3v) is 3.33. The average Bonchev–Trinajstić information content (AvgIpc) is 2.46. The summed E-state index contributed by atoms with van der Waals surface area (Å²) < 4.78 is 0. The number of fused-ring (bicyclic) bond motifs is 1. The average molecular weight is 257 g/mol. The van der Waals surface area contributed by atoms with Gasteiger partial charge in [-0.15, -0.1) is 0 Å². The van der Waals surface area contributed by atoms with Crippen LogP contribution < -0.4 is 10.2 Å². The highest BCUT2D eigenvalue weighted by Crippen LogP contribution is 2.35. The lowest BCUT2D eigenvalue weighted by molar-refractivity contribution is -0.136. The highest BCUT2D eigenvalue weighted by atomic mass is 16.2. The van der Waals surface area contributed by atoms with Crippen LogP contribution in [0.3, 0.4) is 0 Å². The lowest BCUT2D eigenvalue weighted by Gasteiger charge is -2.26. The van der Waals surface area contributed by atoms with Gasteiger partial charge in [0.25, 0.3) is 0 Å². The molecular formula is C14H15N3O2. The summed E-state index contributed by atoms with van der Waals surface area (Å²) >= 11 is 0. The van der Waals surface area contributed by atoms with Crippen LogP contribution in [0, 0.1) is 16.7 Å². The van der Waals surface area contributed by atoms with E-state index in [0.717, 1.165) is 0 Å². The van der Waals surface area contributed by atoms with Crippen molar-refractivity contribution >= 4 is 23.2 Å². The molecule has 1 aliphatic rings. The first-order valence-electron chi connectivity index (χ1n) is 6.09. The standard InChI is InChI=1S/C14H15N3O2/c1-4-17-11-7-9(8-15)5-6-10(11)16-12(18)14(2,3)13(17)19/h5-7H,4H2,1-3H3,(H,16,18). The number of amides is 2. The third-order valence-electron chi connectivity index (χ3n) is 3.33. The van der Waals surface area contributed by atoms with Crippen LogP contribution in [-0.4, -0.2) is 18.4 Å². The predicted molar refractivity (Wildman–Crippen MR) is 71.6 cm³/mol. The molecule has 5 nitrogen and oxygen atoms in total. The normalized spacial score (nSPS) is 17.3. The van der Waals surface area contributed by atoms with E-state index < -0.39 is 5.41 Å². The third kappa shape index (κ3) is 1.95. The summed E-state index contributed by atoms with van der Waals surface area (Å²) in [6, 6.07) is 6.94. The first kappa shape index (κ1) is 13.1. The van der Waals surface area contributed by atoms with E-state index >= 15 is 0 Å². The Balaban J connectivity index is 2.65. The number of carbonyl (C=O) groups excluding carboxylic acids is 2. The minimum absolute atomic E-state index is 0.263. The molecule has 0 aliphatic carbocycles. The van der Waals surface area contributed by atoms with Gasteiger partial charge in [0.2, 0.25) is 11.8 Å². The second-order valence-electron chi connectivity index (χ2n) is 4.97. The largest absolute Gasteiger partial charge is 0.323 e. The lowest BCUT2D eigenvalue weighted by atomic mass is 9.91. The van der Waals surface area contributed by atoms with Crippen molar-refractivity contribution in [2.45, 2.75) is 20.8 Å². The van der Waals surface area contributed by atoms with Gasteiger partial charge in [0.05, 0.1) is 23.0 Å². The van der Waals surface area contributed by atoms with E-state index in [1.807, 2.05) is 13.0 Å². The molecule has 1 aromatic rings. The van der Waals surface area contributed by atoms with Crippen LogP contribution in [0.5, 0.6) is 0 Å². The molecule has 0 spiro atoms. The van der Waals surface area contributed by atoms with Crippen LogP contribution in [0.4, 0.5) is 11.4 Å². The fourth-order valence-corrected chi connectivity index (χ4v) is 2.07. The maximum atomic E-state index is 12.5. The highest BCUT2D eigenvalue weighted by Gasteiger charge is 2.42. The second kappa shape index (κ2) is 4.39. The second-order valence-corrected chi connectivity index (χ2v) is 4.97. The molecule has 0 bridgehead atoms. The summed E-state index contributed by atoms with van der Waals surface area (Å²) in [4.78, 5) is 26.1. The molecule has 2 amide bonds. The Morgan fingerprint density at radius 1 is 1.37 bits per heavy atom. The monoisotopic (exact) mass is 257 g/mol. The van der Waals surface area contributed by atoms with Crippen molar-refractivity contribution in [2.24, 2.45) is 5.41 Å². The van der Waals surface area contributed by atoms with E-state index in [2.05, 4.69) is 5.32 Å². The summed E-state index contributed by atoms with van der Waals surface area (Å²) in [5.74, 6) is -0.597. The highest BCUT2D eigenvalue weighted by molar-refractivity contribution is 6.19. The smallest absolute Gasteiger partial charge is 0.242 e. The van der Waals surface area contributed by atoms with E-state index in [9.17, 15) is 9.59 Å². The van der Waals surface area contributed by atoms with Crippen LogP contribution in [0.25, 0.3) is 0 Å². The van der Waals surface area contributed by atoms with Gasteiger partial charge < -0.3 is 10.2 Å². The molecule has 0 aromatic heterocycles. The minimum Gasteiger partial charge on any atom is -0.323 e. The van der Waals surface area contributed by atoms with Crippen molar-refractivity contribution in [3.63, 3.8) is 0 Å². The zero-order chi connectivity index (χ0) is 14.2. The van der Waals surface area contributed by atoms with Crippen molar-refractivity contribution < 1.29 is 9.59 Å². The zero-order valence-corrected chi connectivity index (χ0v) is 11.2. The predicted octanol–water partition coefficient (Wildman–Crippen LogP) is 1.89. The Bertz CT molecular complexity index is 599. The number of hydrogen-bond donors (Lipinski definition) is 1. The van der Waals surface area contributed by atoms with Gasteiger partial charge in [0.15, 0.2) is 0 Å². The molecule has 1 aliphatic heterocycles. The van der Waals surface area contributed by atoms with Crippen molar-refractivity contribution in [1.82, 2.24) is 0 Å². The summed E-state index contributed by atoms with van der Waals surface area (Å²) in [6.45, 7) is 5.49. The Kier molecular flexibility index (Phi) is 3.03. The summed E-state index contributed by atoms with van der Waals surface area (Å²) in [6.07, 6.45) is 0. The van der Waals surface area contributed by atoms with Crippen LogP contribution in [0.2, 0.25) is 0 Å². The van der Waals surface area contributed by atoms with Crippen molar-refractivity contribution in [2.75, 3.05) is 16.8 Å². The maximum Gasteiger partial charge on any atom is 0.242 e. The molecule has 19 heavy (non-hydrogen) atoms. The Hall–Kier alpha value is -2.35. The molecule has 0 atom stereocenters. The number of hydrogen-bond acceptors (Lipinski definition) is 3. The first-order valence-corrected chi connectivity index (χ1v) is 6.09. The van der Waals surface area contributed by atoms with Gasteiger partial charge in [0.1, 0.15) is 5.41 Å². The molecule has 98 valence electrons. The number of nitriles is 1. The van der Waals surface area contributed by atoms with Crippen LogP contribution >= 0.6 is 0 Å². The van der Waals surface area contributed by atoms with Gasteiger partial charge in [-0.25, -0.2) is 0 Å². The summed E-state index contributed by atoms with van der Waals surface area (Å²) in [5, 5.41) is 11.7. The Labute approximate surface area is 111 Å². The van der Waals surface area contributed by atoms with Gasteiger partial charge in [-0.1, -0.05) is 0 Å². The number of nitrogens with one attached hydrogen (secondary N) is 1. The molecular weight excluding hydrogens is 242 g/mol. The fraction of sp³-hybridized carbons (Fsp3) is 0.357. The number of rotatable bonds is 1. The van der Waals surface area contributed by atoms with Crippen LogP contribution in [-0.2, 0) is 9.59 Å². The van der Waals surface area contributed by atoms with Crippen LogP contribution in [0.1, 0.15) is 26.3 Å². The lowest BCUT2D eigenvalue weighted by Crippen LogP contribution is -2.45. The maximum absolute atomic E-state index is 12.5. The number of benzene rings is 1. The van der Waals surface area contributed by atoms with Gasteiger partial charge >= 0.3 is 0 Å². The summed E-state index contributed by atoms with van der Waals surface area (Å²) in [5.41, 5.74) is 0.469. The van der Waals surface area contributed by atoms with Crippen molar-refractivity contribution in [3.05, 3.63) is 23.8 Å². The number of nitrogens with zero attached hydrogens (tertiary/aromatic N) is 2. The van der Waals surface area contributed by atoms with Crippen molar-refractivity contribution in [1.29, 1.82) is 5.26 Å². The van der Waals surface area contributed by atoms with Gasteiger partial charge in [-0.2, -0.15) is 5.26 Å². The molecule has 0 saturated carbocycles. The quantitative estimate of drug-likeness (QED) is 0.781. The topological polar surface area (TPSA) is 73.2 Å². The fourth-order valence-electron chi connectivity index (χ4n) is 2.07. The molecule has 1 aromatic carbocycles. The molecule has 5 heteroatoms. The van der Waals surface area contributed by atoms with E-state index in [4.69, 9.17) is 5.26 Å². The molecule has 1 heterocycles. The molecule has 0 radical (unpaired) electrons. The van der Waals surface area contributed by atoms with E-state index in [-0.39, 0.29) is 11.8 Å². The van der Waals surface area contributed by atoms with Crippen molar-refractivity contribution in [3.8, 4) is 6.07 Å². The SMILES string of the molecule is CCN1C(=O)C(C)(C)C(=O)Nc2ccc(C#N)cc21. The van der Waals surface area contributed by atoms with E-state index in [0.29, 0.717) is 23.5 Å². The van der Waals surface area contributed by atoms with E-state index in [1.54, 1.807) is 32.0 Å². The molecule has 2 rings (SSSR count). The van der Waals surface area contributed by atoms with Gasteiger partial charge in [0, 0.05) is 6.54 Å². The molecule has 0 unspecified atom stereocenters. The van der Waals surface area contributed by atoms with Gasteiger partial charge in [-0.05, 0) is 39.0 Å². The molecule has 0 fully saturated rings. The van der Waals surface area contributed by atoms with E-state index in [1.165, 1.54) is 4.90 Å². The Morgan fingerprint density at radius 2 is 2.05 bits per heavy atom. The minimum atomic E-state index is -1.12. The summed E-state index contributed by atoms with van der Waals surface area (Å²) in [7, 11) is 0. The Morgan fingerprint density at radius 3 is 2.63 bits per heavy atom.